The number of carbonyl (C=O) groups is 1. The van der Waals surface area contributed by atoms with Gasteiger partial charge in [0.25, 0.3) is 0 Å². The van der Waals surface area contributed by atoms with Gasteiger partial charge in [-0.25, -0.2) is 0 Å². The lowest BCUT2D eigenvalue weighted by molar-refractivity contribution is -0.132. The molecule has 8 nitrogen and oxygen atoms in total. The monoisotopic (exact) mass is 529 g/mol. The lowest BCUT2D eigenvalue weighted by Gasteiger charge is -2.29. The van der Waals surface area contributed by atoms with Gasteiger partial charge in [-0.2, -0.15) is 0 Å². The van der Waals surface area contributed by atoms with Crippen LogP contribution in [0.3, 0.4) is 0 Å². The van der Waals surface area contributed by atoms with Crippen LogP contribution in [-0.2, 0) is 4.79 Å². The number of aromatic hydroxyl groups is 2. The summed E-state index contributed by atoms with van der Waals surface area (Å²) in [6.07, 6.45) is 2.95. The van der Waals surface area contributed by atoms with Gasteiger partial charge in [-0.1, -0.05) is 36.4 Å². The first-order valence-corrected chi connectivity index (χ1v) is 13.0. The minimum Gasteiger partial charge on any atom is -0.507 e. The summed E-state index contributed by atoms with van der Waals surface area (Å²) in [6, 6.07) is 16.8. The third-order valence-electron chi connectivity index (χ3n) is 7.31. The number of methoxy groups -OCH3 is 2. The number of ether oxygens (including phenoxy) is 2. The molecule has 8 heteroatoms. The fourth-order valence-corrected chi connectivity index (χ4v) is 5.32. The summed E-state index contributed by atoms with van der Waals surface area (Å²) in [5, 5.41) is 21.9. The number of rotatable bonds is 7. The quantitative estimate of drug-likeness (QED) is 0.329. The molecule has 4 aromatic rings. The summed E-state index contributed by atoms with van der Waals surface area (Å²) in [5.74, 6) is -0.230. The third kappa shape index (κ3) is 5.14. The van der Waals surface area contributed by atoms with Gasteiger partial charge in [-0.3, -0.25) is 9.59 Å². The molecule has 0 saturated carbocycles. The average molecular weight is 530 g/mol. The first-order chi connectivity index (χ1) is 18.9. The maximum atomic E-state index is 13.6. The van der Waals surface area contributed by atoms with E-state index in [1.165, 1.54) is 13.2 Å². The molecule has 5 rings (SSSR count). The van der Waals surface area contributed by atoms with Crippen molar-refractivity contribution in [2.45, 2.75) is 31.6 Å². The Labute approximate surface area is 226 Å². The highest BCUT2D eigenvalue weighted by molar-refractivity contribution is 5.91. The molecule has 0 aliphatic carbocycles. The summed E-state index contributed by atoms with van der Waals surface area (Å²) >= 11 is 0. The van der Waals surface area contributed by atoms with Crippen molar-refractivity contribution >= 4 is 16.9 Å². The second-order valence-corrected chi connectivity index (χ2v) is 9.68. The summed E-state index contributed by atoms with van der Waals surface area (Å²) in [7, 11) is 3.06. The number of piperidine rings is 1. The molecule has 1 atom stereocenters. The van der Waals surface area contributed by atoms with Gasteiger partial charge in [-0.15, -0.1) is 0 Å². The van der Waals surface area contributed by atoms with Crippen molar-refractivity contribution in [1.29, 1.82) is 0 Å². The normalized spacial score (nSPS) is 14.3. The van der Waals surface area contributed by atoms with Gasteiger partial charge < -0.3 is 29.0 Å². The van der Waals surface area contributed by atoms with Gasteiger partial charge in [0.2, 0.25) is 5.91 Å². The highest BCUT2D eigenvalue weighted by Gasteiger charge is 2.31. The van der Waals surface area contributed by atoms with Crippen molar-refractivity contribution < 1.29 is 28.9 Å². The molecule has 1 aromatic heterocycles. The van der Waals surface area contributed by atoms with E-state index < -0.39 is 17.1 Å². The summed E-state index contributed by atoms with van der Waals surface area (Å²) in [5.41, 5.74) is 1.06. The third-order valence-corrected chi connectivity index (χ3v) is 7.31. The zero-order chi connectivity index (χ0) is 27.5. The van der Waals surface area contributed by atoms with Crippen molar-refractivity contribution in [2.75, 3.05) is 27.3 Å². The Morgan fingerprint density at radius 2 is 1.69 bits per heavy atom. The van der Waals surface area contributed by atoms with Crippen molar-refractivity contribution in [3.8, 4) is 34.3 Å². The molecule has 3 aromatic carbocycles. The highest BCUT2D eigenvalue weighted by Crippen LogP contribution is 2.45. The molecule has 0 spiro atoms. The highest BCUT2D eigenvalue weighted by atomic mass is 16.5. The van der Waals surface area contributed by atoms with Crippen molar-refractivity contribution in [1.82, 2.24) is 4.90 Å². The average Bonchev–Trinajstić information content (AvgIpc) is 2.96. The zero-order valence-corrected chi connectivity index (χ0v) is 22.0. The Morgan fingerprint density at radius 3 is 2.38 bits per heavy atom. The molecule has 2 N–H and O–H groups in total. The van der Waals surface area contributed by atoms with Gasteiger partial charge in [0.15, 0.2) is 5.43 Å². The van der Waals surface area contributed by atoms with Crippen LogP contribution in [-0.4, -0.2) is 48.3 Å². The Morgan fingerprint density at radius 1 is 0.949 bits per heavy atom. The van der Waals surface area contributed by atoms with E-state index >= 15 is 0 Å². The minimum absolute atomic E-state index is 0.00456. The lowest BCUT2D eigenvalue weighted by Crippen LogP contribution is -2.36. The standard InChI is InChI=1S/C31H31NO7/c1-37-20-11-12-21(27(15-20)38-2)22(16-28(36)32-13-7-4-8-14-32)29-23(33)17-24(34)30-25(35)18-26(39-31(29)30)19-9-5-3-6-10-19/h3,5-6,9-12,15,17-18,22,33-34H,4,7-8,13-14,16H2,1-2H3. The smallest absolute Gasteiger partial charge is 0.223 e. The lowest BCUT2D eigenvalue weighted by atomic mass is 9.85. The first kappa shape index (κ1) is 26.2. The molecular weight excluding hydrogens is 498 g/mol. The van der Waals surface area contributed by atoms with Crippen LogP contribution in [0.1, 0.15) is 42.7 Å². The van der Waals surface area contributed by atoms with Crippen LogP contribution in [0.4, 0.5) is 0 Å². The minimum atomic E-state index is -0.752. The van der Waals surface area contributed by atoms with Gasteiger partial charge in [0, 0.05) is 60.3 Å². The first-order valence-electron chi connectivity index (χ1n) is 13.0. The molecule has 1 aliphatic rings. The predicted octanol–water partition coefficient (Wildman–Crippen LogP) is 5.42. The molecule has 0 radical (unpaired) electrons. The molecule has 202 valence electrons. The van der Waals surface area contributed by atoms with Crippen LogP contribution >= 0.6 is 0 Å². The van der Waals surface area contributed by atoms with Gasteiger partial charge >= 0.3 is 0 Å². The number of hydrogen-bond acceptors (Lipinski definition) is 7. The largest absolute Gasteiger partial charge is 0.507 e. The number of carbonyl (C=O) groups excluding carboxylic acids is 1. The number of phenols is 2. The Balaban J connectivity index is 1.76. The van der Waals surface area contributed by atoms with E-state index in [2.05, 4.69) is 0 Å². The topological polar surface area (TPSA) is 109 Å². The molecule has 1 unspecified atom stereocenters. The molecular formula is C31H31NO7. The van der Waals surface area contributed by atoms with Crippen LogP contribution in [0.15, 0.2) is 69.9 Å². The molecule has 1 amide bonds. The van der Waals surface area contributed by atoms with Crippen LogP contribution in [0.25, 0.3) is 22.3 Å². The maximum absolute atomic E-state index is 13.6. The van der Waals surface area contributed by atoms with Crippen LogP contribution in [0, 0.1) is 0 Å². The molecule has 1 saturated heterocycles. The number of fused-ring (bicyclic) bond motifs is 1. The number of amides is 1. The molecule has 2 heterocycles. The van der Waals surface area contributed by atoms with E-state index in [9.17, 15) is 19.8 Å². The Bertz CT molecular complexity index is 1560. The Kier molecular flexibility index (Phi) is 7.45. The van der Waals surface area contributed by atoms with Crippen LogP contribution < -0.4 is 14.9 Å². The van der Waals surface area contributed by atoms with Gasteiger partial charge in [0.05, 0.1) is 14.2 Å². The number of phenolic OH excluding ortho intramolecular Hbond substituents is 2. The fourth-order valence-electron chi connectivity index (χ4n) is 5.32. The number of hydrogen-bond donors (Lipinski definition) is 2. The van der Waals surface area contributed by atoms with Crippen molar-refractivity contribution in [2.24, 2.45) is 0 Å². The van der Waals surface area contributed by atoms with E-state index in [-0.39, 0.29) is 40.4 Å². The van der Waals surface area contributed by atoms with Crippen LogP contribution in [0.2, 0.25) is 0 Å². The zero-order valence-electron chi connectivity index (χ0n) is 22.0. The van der Waals surface area contributed by atoms with Crippen molar-refractivity contribution in [3.63, 3.8) is 0 Å². The molecule has 1 fully saturated rings. The predicted molar refractivity (Wildman–Crippen MR) is 148 cm³/mol. The van der Waals surface area contributed by atoms with Gasteiger partial charge in [-0.05, 0) is 25.3 Å². The summed E-state index contributed by atoms with van der Waals surface area (Å²) in [4.78, 5) is 28.7. The van der Waals surface area contributed by atoms with E-state index in [0.717, 1.165) is 25.3 Å². The second kappa shape index (κ2) is 11.1. The number of likely N-dealkylation sites (tertiary alicyclic amines) is 1. The van der Waals surface area contributed by atoms with E-state index in [1.54, 1.807) is 37.4 Å². The van der Waals surface area contributed by atoms with Crippen molar-refractivity contribution in [3.05, 3.63) is 82.0 Å². The number of nitrogens with zero attached hydrogens (tertiary/aromatic N) is 1. The fraction of sp³-hybridized carbons (Fsp3) is 0.290. The van der Waals surface area contributed by atoms with E-state index in [0.29, 0.717) is 35.7 Å². The maximum Gasteiger partial charge on any atom is 0.223 e. The second-order valence-electron chi connectivity index (χ2n) is 9.68. The number of benzene rings is 3. The molecule has 0 bridgehead atoms. The molecule has 1 aliphatic heterocycles. The van der Waals surface area contributed by atoms with E-state index in [4.69, 9.17) is 13.9 Å². The van der Waals surface area contributed by atoms with E-state index in [1.807, 2.05) is 23.1 Å². The molecule has 39 heavy (non-hydrogen) atoms. The Hall–Kier alpha value is -4.46. The van der Waals surface area contributed by atoms with Gasteiger partial charge in [0.1, 0.15) is 39.7 Å². The SMILES string of the molecule is COc1ccc(C(CC(=O)N2CCCCC2)c2c(O)cc(O)c3c(=O)cc(-c4ccccc4)oc23)c(OC)c1. The summed E-state index contributed by atoms with van der Waals surface area (Å²) in [6.45, 7) is 1.34. The summed E-state index contributed by atoms with van der Waals surface area (Å²) < 4.78 is 17.3. The van der Waals surface area contributed by atoms with Crippen LogP contribution in [0.5, 0.6) is 23.0 Å².